The summed E-state index contributed by atoms with van der Waals surface area (Å²) in [6, 6.07) is 26.8. The molecule has 0 amide bonds. The summed E-state index contributed by atoms with van der Waals surface area (Å²) < 4.78 is 7.57. The first-order chi connectivity index (χ1) is 14.3. The third-order valence-electron chi connectivity index (χ3n) is 5.87. The van der Waals surface area contributed by atoms with Crippen LogP contribution in [0.5, 0.6) is 0 Å². The van der Waals surface area contributed by atoms with Crippen LogP contribution in [0.25, 0.3) is 21.7 Å². The lowest BCUT2D eigenvalue weighted by Gasteiger charge is -2.22. The van der Waals surface area contributed by atoms with E-state index in [0.29, 0.717) is 6.42 Å². The summed E-state index contributed by atoms with van der Waals surface area (Å²) in [5.41, 5.74) is 2.33. The highest BCUT2D eigenvalue weighted by molar-refractivity contribution is 6.08. The fraction of sp³-hybridized carbons (Fsp3) is 0.200. The number of fused-ring (bicyclic) bond motifs is 6. The molecule has 0 radical (unpaired) electrons. The molecule has 2 heterocycles. The van der Waals surface area contributed by atoms with Crippen molar-refractivity contribution in [1.29, 1.82) is 0 Å². The van der Waals surface area contributed by atoms with Gasteiger partial charge in [0.15, 0.2) is 6.04 Å². The molecule has 4 aromatic rings. The zero-order valence-corrected chi connectivity index (χ0v) is 16.4. The summed E-state index contributed by atoms with van der Waals surface area (Å²) in [4.78, 5) is 15.1. The molecule has 1 atom stereocenters. The van der Waals surface area contributed by atoms with Crippen LogP contribution in [0.2, 0.25) is 0 Å². The Labute approximate surface area is 170 Å². The second-order valence-electron chi connectivity index (χ2n) is 7.46. The number of carbonyl (C=O) groups is 1. The van der Waals surface area contributed by atoms with Crippen LogP contribution in [0.3, 0.4) is 0 Å². The molecule has 4 nitrogen and oxygen atoms in total. The van der Waals surface area contributed by atoms with Crippen LogP contribution in [-0.2, 0) is 22.5 Å². The van der Waals surface area contributed by atoms with E-state index in [9.17, 15) is 4.79 Å². The Morgan fingerprint density at radius 1 is 0.931 bits per heavy atom. The van der Waals surface area contributed by atoms with Gasteiger partial charge in [-0.15, -0.1) is 0 Å². The first-order valence-electron chi connectivity index (χ1n) is 9.99. The molecule has 144 valence electrons. The van der Waals surface area contributed by atoms with Gasteiger partial charge in [-0.05, 0) is 17.7 Å². The fourth-order valence-electron chi connectivity index (χ4n) is 4.56. The standard InChI is InChI=1S/C25H23N2O2/c1-29-25(28)23(17-18-9-3-2-4-10-18)27-16-15-26-22-14-8-7-12-20(22)19-11-5-6-13-21(19)24(26)27/h2-14,23H,15-17H2,1H3/q+1/t23-/m0/s1. The Kier molecular flexibility index (Phi) is 4.39. The van der Waals surface area contributed by atoms with Gasteiger partial charge >= 0.3 is 5.97 Å². The van der Waals surface area contributed by atoms with Gasteiger partial charge in [-0.25, -0.2) is 14.3 Å². The van der Waals surface area contributed by atoms with Crippen molar-refractivity contribution in [2.75, 3.05) is 18.6 Å². The molecular formula is C25H23N2O2+. The van der Waals surface area contributed by atoms with Crippen LogP contribution in [0.1, 0.15) is 5.56 Å². The Morgan fingerprint density at radius 3 is 2.34 bits per heavy atom. The van der Waals surface area contributed by atoms with Gasteiger partial charge in [0.05, 0.1) is 12.5 Å². The van der Waals surface area contributed by atoms with E-state index in [1.165, 1.54) is 28.8 Å². The van der Waals surface area contributed by atoms with Crippen molar-refractivity contribution >= 4 is 33.5 Å². The molecule has 0 bridgehead atoms. The van der Waals surface area contributed by atoms with E-state index in [1.807, 2.05) is 18.2 Å². The van der Waals surface area contributed by atoms with Crippen molar-refractivity contribution in [3.05, 3.63) is 84.4 Å². The average molecular weight is 383 g/mol. The molecular weight excluding hydrogens is 360 g/mol. The fourth-order valence-corrected chi connectivity index (χ4v) is 4.56. The van der Waals surface area contributed by atoms with E-state index in [4.69, 9.17) is 4.74 Å². The molecule has 1 aromatic heterocycles. The van der Waals surface area contributed by atoms with Crippen LogP contribution in [0.15, 0.2) is 78.9 Å². The highest BCUT2D eigenvalue weighted by Crippen LogP contribution is 2.33. The minimum absolute atomic E-state index is 0.195. The van der Waals surface area contributed by atoms with Gasteiger partial charge in [0, 0.05) is 17.2 Å². The molecule has 0 saturated heterocycles. The summed E-state index contributed by atoms with van der Waals surface area (Å²) >= 11 is 0. The first kappa shape index (κ1) is 17.7. The number of rotatable bonds is 4. The lowest BCUT2D eigenvalue weighted by molar-refractivity contribution is -0.643. The summed E-state index contributed by atoms with van der Waals surface area (Å²) in [7, 11) is 1.48. The molecule has 3 aromatic carbocycles. The second kappa shape index (κ2) is 7.21. The van der Waals surface area contributed by atoms with Crippen LogP contribution >= 0.6 is 0 Å². The predicted molar refractivity (Wildman–Crippen MR) is 115 cm³/mol. The van der Waals surface area contributed by atoms with Crippen molar-refractivity contribution in [1.82, 2.24) is 0 Å². The van der Waals surface area contributed by atoms with Crippen LogP contribution < -0.4 is 9.47 Å². The monoisotopic (exact) mass is 383 g/mol. The SMILES string of the molecule is COC(=O)[C@H](Cc1ccccc1)N1CC[n+]2c1c1ccccc1c1ccccc12. The number of aromatic nitrogens is 1. The lowest BCUT2D eigenvalue weighted by atomic mass is 10.0. The predicted octanol–water partition coefficient (Wildman–Crippen LogP) is 3.88. The summed E-state index contributed by atoms with van der Waals surface area (Å²) in [6.07, 6.45) is 0.620. The van der Waals surface area contributed by atoms with E-state index in [2.05, 4.69) is 70.1 Å². The molecule has 4 heteroatoms. The molecule has 0 saturated carbocycles. The van der Waals surface area contributed by atoms with Gasteiger partial charge < -0.3 is 4.74 Å². The Hall–Kier alpha value is -3.40. The number of pyridine rings is 1. The highest BCUT2D eigenvalue weighted by Gasteiger charge is 2.41. The van der Waals surface area contributed by atoms with Gasteiger partial charge in [0.25, 0.3) is 5.82 Å². The lowest BCUT2D eigenvalue weighted by Crippen LogP contribution is -2.43. The average Bonchev–Trinajstić information content (AvgIpc) is 3.23. The number of nitrogens with zero attached hydrogens (tertiary/aromatic N) is 2. The van der Waals surface area contributed by atoms with E-state index in [0.717, 1.165) is 24.5 Å². The smallest absolute Gasteiger partial charge is 0.351 e. The summed E-state index contributed by atoms with van der Waals surface area (Å²) in [5, 5.41) is 3.63. The zero-order chi connectivity index (χ0) is 19.8. The Balaban J connectivity index is 1.70. The molecule has 1 aliphatic rings. The Morgan fingerprint density at radius 2 is 1.59 bits per heavy atom. The van der Waals surface area contributed by atoms with Gasteiger partial charge in [0.1, 0.15) is 18.6 Å². The molecule has 0 N–H and O–H groups in total. The summed E-state index contributed by atoms with van der Waals surface area (Å²) in [5.74, 6) is 0.908. The topological polar surface area (TPSA) is 33.4 Å². The number of esters is 1. The van der Waals surface area contributed by atoms with E-state index < -0.39 is 0 Å². The quantitative estimate of drug-likeness (QED) is 0.305. The number of methoxy groups -OCH3 is 1. The number of hydrogen-bond acceptors (Lipinski definition) is 3. The highest BCUT2D eigenvalue weighted by atomic mass is 16.5. The zero-order valence-electron chi connectivity index (χ0n) is 16.4. The molecule has 0 spiro atoms. The van der Waals surface area contributed by atoms with Gasteiger partial charge in [0.2, 0.25) is 0 Å². The molecule has 0 aliphatic carbocycles. The number of benzene rings is 3. The third kappa shape index (κ3) is 2.92. The van der Waals surface area contributed by atoms with Crippen LogP contribution in [-0.4, -0.2) is 25.7 Å². The second-order valence-corrected chi connectivity index (χ2v) is 7.46. The van der Waals surface area contributed by atoms with Crippen molar-refractivity contribution in [2.24, 2.45) is 0 Å². The normalized spacial score (nSPS) is 14.2. The number of anilines is 1. The van der Waals surface area contributed by atoms with Crippen molar-refractivity contribution in [2.45, 2.75) is 19.0 Å². The molecule has 5 rings (SSSR count). The van der Waals surface area contributed by atoms with Gasteiger partial charge in [-0.1, -0.05) is 66.7 Å². The maximum atomic E-state index is 12.8. The molecule has 0 unspecified atom stereocenters. The maximum Gasteiger partial charge on any atom is 0.351 e. The van der Waals surface area contributed by atoms with Gasteiger partial charge in [-0.2, -0.15) is 0 Å². The maximum absolute atomic E-state index is 12.8. The van der Waals surface area contributed by atoms with Crippen molar-refractivity contribution < 1.29 is 14.1 Å². The number of para-hydroxylation sites is 1. The number of carbonyl (C=O) groups excluding carboxylic acids is 1. The van der Waals surface area contributed by atoms with E-state index >= 15 is 0 Å². The Bertz CT molecular complexity index is 1200. The number of hydrogen-bond donors (Lipinski definition) is 0. The first-order valence-corrected chi connectivity index (χ1v) is 9.99. The van der Waals surface area contributed by atoms with Gasteiger partial charge in [-0.3, -0.25) is 0 Å². The van der Waals surface area contributed by atoms with Crippen molar-refractivity contribution in [3.63, 3.8) is 0 Å². The minimum atomic E-state index is -0.360. The molecule has 1 aliphatic heterocycles. The van der Waals surface area contributed by atoms with Crippen LogP contribution in [0, 0.1) is 0 Å². The third-order valence-corrected chi connectivity index (χ3v) is 5.87. The van der Waals surface area contributed by atoms with Crippen LogP contribution in [0.4, 0.5) is 5.82 Å². The van der Waals surface area contributed by atoms with Crippen molar-refractivity contribution in [3.8, 4) is 0 Å². The minimum Gasteiger partial charge on any atom is -0.466 e. The number of ether oxygens (including phenoxy) is 1. The van der Waals surface area contributed by atoms with E-state index in [-0.39, 0.29) is 12.0 Å². The molecule has 29 heavy (non-hydrogen) atoms. The molecule has 0 fully saturated rings. The summed E-state index contributed by atoms with van der Waals surface area (Å²) in [6.45, 7) is 1.63. The largest absolute Gasteiger partial charge is 0.466 e. The van der Waals surface area contributed by atoms with E-state index in [1.54, 1.807) is 0 Å².